The number of aromatic nitrogens is 1. The van der Waals surface area contributed by atoms with E-state index < -0.39 is 6.10 Å². The Labute approximate surface area is 192 Å². The Morgan fingerprint density at radius 2 is 2.00 bits per heavy atom. The van der Waals surface area contributed by atoms with Crippen molar-refractivity contribution in [1.82, 2.24) is 9.88 Å². The number of pyridine rings is 1. The molecule has 2 aliphatic heterocycles. The first kappa shape index (κ1) is 20.7. The quantitative estimate of drug-likeness (QED) is 0.736. The molecule has 8 heteroatoms. The number of aliphatic hydroxyl groups is 1. The third-order valence-electron chi connectivity index (χ3n) is 8.17. The summed E-state index contributed by atoms with van der Waals surface area (Å²) in [5.74, 6) is 0.875. The molecule has 6 rings (SSSR count). The molecule has 32 heavy (non-hydrogen) atoms. The SMILES string of the molecule is C[C@]1(N2CCN(c3cc4cc(NC(=O)C5CC56CC6)ncc4cc3Cl)CC2)COC[C@H]1O. The van der Waals surface area contributed by atoms with Gasteiger partial charge in [-0.05, 0) is 55.2 Å². The van der Waals surface area contributed by atoms with E-state index in [-0.39, 0.29) is 17.4 Å². The normalized spacial score (nSPS) is 31.3. The largest absolute Gasteiger partial charge is 0.389 e. The number of benzene rings is 1. The highest BCUT2D eigenvalue weighted by atomic mass is 35.5. The van der Waals surface area contributed by atoms with Gasteiger partial charge in [0.25, 0.3) is 0 Å². The molecule has 4 fully saturated rings. The average molecular weight is 457 g/mol. The molecule has 1 aromatic heterocycles. The van der Waals surface area contributed by atoms with E-state index >= 15 is 0 Å². The second-order valence-electron chi connectivity index (χ2n) is 10.2. The van der Waals surface area contributed by atoms with Gasteiger partial charge in [0.05, 0.1) is 35.6 Å². The maximum absolute atomic E-state index is 12.5. The highest BCUT2D eigenvalue weighted by molar-refractivity contribution is 6.34. The van der Waals surface area contributed by atoms with Crippen molar-refractivity contribution in [2.45, 2.75) is 37.8 Å². The number of aliphatic hydroxyl groups excluding tert-OH is 1. The van der Waals surface area contributed by atoms with Gasteiger partial charge in [-0.3, -0.25) is 9.69 Å². The van der Waals surface area contributed by atoms with Crippen molar-refractivity contribution >= 4 is 39.8 Å². The van der Waals surface area contributed by atoms with E-state index in [0.717, 1.165) is 49.1 Å². The van der Waals surface area contributed by atoms with Crippen LogP contribution < -0.4 is 10.2 Å². The molecule has 3 atom stereocenters. The first-order valence-corrected chi connectivity index (χ1v) is 11.9. The van der Waals surface area contributed by atoms with Gasteiger partial charge >= 0.3 is 0 Å². The molecule has 0 bridgehead atoms. The topological polar surface area (TPSA) is 77.9 Å². The number of fused-ring (bicyclic) bond motifs is 1. The molecular weight excluding hydrogens is 428 g/mol. The highest BCUT2D eigenvalue weighted by Crippen LogP contribution is 2.70. The molecule has 2 N–H and O–H groups in total. The monoisotopic (exact) mass is 456 g/mol. The zero-order valence-electron chi connectivity index (χ0n) is 18.3. The number of ether oxygens (including phenoxy) is 1. The zero-order chi connectivity index (χ0) is 22.1. The molecule has 7 nitrogen and oxygen atoms in total. The van der Waals surface area contributed by atoms with Crippen molar-refractivity contribution in [3.63, 3.8) is 0 Å². The van der Waals surface area contributed by atoms with E-state index in [2.05, 4.69) is 33.1 Å². The number of carbonyl (C=O) groups excluding carboxylic acids is 1. The number of amides is 1. The Morgan fingerprint density at radius 1 is 1.22 bits per heavy atom. The lowest BCUT2D eigenvalue weighted by Crippen LogP contribution is -2.60. The van der Waals surface area contributed by atoms with Crippen molar-refractivity contribution in [3.05, 3.63) is 29.4 Å². The van der Waals surface area contributed by atoms with Gasteiger partial charge in [-0.25, -0.2) is 4.98 Å². The molecule has 2 aromatic rings. The van der Waals surface area contributed by atoms with Crippen LogP contribution in [0.5, 0.6) is 0 Å². The minimum atomic E-state index is -0.454. The fraction of sp³-hybridized carbons (Fsp3) is 0.583. The number of nitrogens with one attached hydrogen (secondary N) is 1. The Balaban J connectivity index is 1.18. The maximum atomic E-state index is 12.5. The third kappa shape index (κ3) is 3.37. The van der Waals surface area contributed by atoms with Crippen LogP contribution in [0.3, 0.4) is 0 Å². The van der Waals surface area contributed by atoms with Crippen LogP contribution in [0.2, 0.25) is 5.02 Å². The molecular formula is C24H29ClN4O3. The molecule has 2 saturated carbocycles. The summed E-state index contributed by atoms with van der Waals surface area (Å²) in [6.45, 7) is 6.38. The minimum Gasteiger partial charge on any atom is -0.389 e. The van der Waals surface area contributed by atoms with Crippen LogP contribution in [0.15, 0.2) is 24.4 Å². The number of hydrogen-bond acceptors (Lipinski definition) is 6. The molecule has 3 heterocycles. The molecule has 0 radical (unpaired) electrons. The summed E-state index contributed by atoms with van der Waals surface area (Å²) in [6.07, 6.45) is 4.73. The summed E-state index contributed by atoms with van der Waals surface area (Å²) in [6, 6.07) is 5.99. The lowest BCUT2D eigenvalue weighted by Gasteiger charge is -2.45. The van der Waals surface area contributed by atoms with Crippen LogP contribution in [0.1, 0.15) is 26.2 Å². The van der Waals surface area contributed by atoms with Crippen molar-refractivity contribution in [1.29, 1.82) is 0 Å². The van der Waals surface area contributed by atoms with Gasteiger partial charge in [-0.15, -0.1) is 0 Å². The van der Waals surface area contributed by atoms with Crippen LogP contribution in [-0.2, 0) is 9.53 Å². The molecule has 2 aliphatic carbocycles. The summed E-state index contributed by atoms with van der Waals surface area (Å²) in [4.78, 5) is 21.6. The summed E-state index contributed by atoms with van der Waals surface area (Å²) in [7, 11) is 0. The number of carbonyl (C=O) groups is 1. The second-order valence-corrected chi connectivity index (χ2v) is 10.6. The summed E-state index contributed by atoms with van der Waals surface area (Å²) >= 11 is 6.65. The van der Waals surface area contributed by atoms with E-state index in [9.17, 15) is 9.90 Å². The van der Waals surface area contributed by atoms with E-state index in [1.165, 1.54) is 12.8 Å². The number of rotatable bonds is 4. The van der Waals surface area contributed by atoms with Gasteiger partial charge in [-0.2, -0.15) is 0 Å². The lowest BCUT2D eigenvalue weighted by molar-refractivity contribution is -0.117. The smallest absolute Gasteiger partial charge is 0.229 e. The maximum Gasteiger partial charge on any atom is 0.229 e. The fourth-order valence-electron chi connectivity index (χ4n) is 5.52. The summed E-state index contributed by atoms with van der Waals surface area (Å²) < 4.78 is 5.51. The predicted octanol–water partition coefficient (Wildman–Crippen LogP) is 2.90. The van der Waals surface area contributed by atoms with Crippen LogP contribution in [-0.4, -0.2) is 71.9 Å². The van der Waals surface area contributed by atoms with Crippen LogP contribution in [0.4, 0.5) is 11.5 Å². The van der Waals surface area contributed by atoms with E-state index in [0.29, 0.717) is 29.5 Å². The Bertz CT molecular complexity index is 1080. The van der Waals surface area contributed by atoms with Gasteiger partial charge in [0.2, 0.25) is 5.91 Å². The molecule has 2 saturated heterocycles. The van der Waals surface area contributed by atoms with E-state index in [4.69, 9.17) is 16.3 Å². The van der Waals surface area contributed by atoms with Crippen LogP contribution in [0, 0.1) is 11.3 Å². The lowest BCUT2D eigenvalue weighted by atomic mass is 9.95. The Hall–Kier alpha value is -1.93. The number of piperazine rings is 1. The summed E-state index contributed by atoms with van der Waals surface area (Å²) in [5, 5.41) is 16.1. The van der Waals surface area contributed by atoms with Crippen molar-refractivity contribution in [3.8, 4) is 0 Å². The van der Waals surface area contributed by atoms with Gasteiger partial charge in [0.1, 0.15) is 5.82 Å². The standard InChI is InChI=1S/C24H29ClN4O3/c1-23(14-32-13-20(23)30)29-6-4-28(5-7-29)19-9-15-10-21(26-12-16(15)8-18(19)25)27-22(31)17-11-24(17)2-3-24/h8-10,12,17,20,30H,2-7,11,13-14H2,1H3,(H,26,27,31)/t17?,20-,23+/m1/s1. The number of halogens is 1. The van der Waals surface area contributed by atoms with Crippen molar-refractivity contribution in [2.75, 3.05) is 49.6 Å². The Morgan fingerprint density at radius 3 is 2.66 bits per heavy atom. The zero-order valence-corrected chi connectivity index (χ0v) is 19.1. The fourth-order valence-corrected chi connectivity index (χ4v) is 5.81. The van der Waals surface area contributed by atoms with Crippen LogP contribution >= 0.6 is 11.6 Å². The molecule has 4 aliphatic rings. The van der Waals surface area contributed by atoms with Crippen LogP contribution in [0.25, 0.3) is 10.8 Å². The highest BCUT2D eigenvalue weighted by Gasteiger charge is 2.65. The number of nitrogens with zero attached hydrogens (tertiary/aromatic N) is 3. The first-order chi connectivity index (χ1) is 15.4. The van der Waals surface area contributed by atoms with Gasteiger partial charge in [0, 0.05) is 43.7 Å². The second kappa shape index (κ2) is 7.29. The molecule has 1 spiro atoms. The third-order valence-corrected chi connectivity index (χ3v) is 8.47. The summed E-state index contributed by atoms with van der Waals surface area (Å²) in [5.41, 5.74) is 1.01. The minimum absolute atomic E-state index is 0.103. The van der Waals surface area contributed by atoms with E-state index in [1.807, 2.05) is 12.1 Å². The van der Waals surface area contributed by atoms with E-state index in [1.54, 1.807) is 6.20 Å². The van der Waals surface area contributed by atoms with Gasteiger partial charge < -0.3 is 20.1 Å². The molecule has 170 valence electrons. The molecule has 1 aromatic carbocycles. The first-order valence-electron chi connectivity index (χ1n) is 11.5. The molecule has 1 amide bonds. The van der Waals surface area contributed by atoms with Gasteiger partial charge in [-0.1, -0.05) is 11.6 Å². The Kier molecular flexibility index (Phi) is 4.70. The van der Waals surface area contributed by atoms with Crippen molar-refractivity contribution in [2.24, 2.45) is 11.3 Å². The average Bonchev–Trinajstić information content (AvgIpc) is 3.70. The van der Waals surface area contributed by atoms with Crippen molar-refractivity contribution < 1.29 is 14.6 Å². The van der Waals surface area contributed by atoms with Gasteiger partial charge in [0.15, 0.2) is 0 Å². The number of anilines is 2. The number of hydrogen-bond donors (Lipinski definition) is 2. The molecule has 1 unspecified atom stereocenters. The predicted molar refractivity (Wildman–Crippen MR) is 124 cm³/mol.